The Morgan fingerprint density at radius 3 is 1.58 bits per heavy atom. The van der Waals surface area contributed by atoms with Gasteiger partial charge in [0.1, 0.15) is 0 Å². The van der Waals surface area contributed by atoms with E-state index in [0.29, 0.717) is 0 Å². The first-order chi connectivity index (χ1) is 5.83. The minimum Gasteiger partial charge on any atom is -0.394 e. The zero-order chi connectivity index (χ0) is 9.66. The molecule has 0 spiro atoms. The largest absolute Gasteiger partial charge is 0.394 e. The summed E-state index contributed by atoms with van der Waals surface area (Å²) in [5.74, 6) is 0. The van der Waals surface area contributed by atoms with Crippen LogP contribution >= 0.6 is 0 Å². The number of hydrogen-bond donors (Lipinski definition) is 4. The molecule has 0 aliphatic rings. The van der Waals surface area contributed by atoms with Crippen LogP contribution < -0.4 is 11.0 Å². The molecule has 12 heavy (non-hydrogen) atoms. The molecular weight excluding hydrogens is 164 g/mol. The fourth-order valence-corrected chi connectivity index (χ4v) is 0.216. The maximum absolute atomic E-state index is 8.15. The molecule has 0 aliphatic carbocycles. The van der Waals surface area contributed by atoms with E-state index in [1.165, 1.54) is 0 Å². The monoisotopic (exact) mass is 182 g/mol. The predicted molar refractivity (Wildman–Crippen MR) is 44.2 cm³/mol. The average Bonchev–Trinajstić information content (AvgIpc) is 2.06. The van der Waals surface area contributed by atoms with E-state index in [0.717, 1.165) is 0 Å². The van der Waals surface area contributed by atoms with Gasteiger partial charge in [-0.1, -0.05) is 5.64 Å². The molecule has 0 aromatic rings. The molecule has 0 rings (SSSR count). The maximum Gasteiger partial charge on any atom is 0.0940 e. The van der Waals surface area contributed by atoms with Crippen molar-refractivity contribution in [1.29, 1.82) is 0 Å². The van der Waals surface area contributed by atoms with Crippen LogP contribution in [0.5, 0.6) is 0 Å². The van der Waals surface area contributed by atoms with Crippen LogP contribution in [0.4, 0.5) is 0 Å². The van der Waals surface area contributed by atoms with Gasteiger partial charge in [0, 0.05) is 0 Å². The number of hydrogen-bond acceptors (Lipinski definition) is 6. The van der Waals surface area contributed by atoms with Gasteiger partial charge in [-0.25, -0.2) is 0 Å². The van der Waals surface area contributed by atoms with Crippen molar-refractivity contribution in [2.75, 3.05) is 40.5 Å². The summed E-state index contributed by atoms with van der Waals surface area (Å²) in [4.78, 5) is 8.90. The molecule has 76 valence electrons. The van der Waals surface area contributed by atoms with Crippen molar-refractivity contribution in [2.45, 2.75) is 0 Å². The SMILES string of the molecule is CNC.OCCONOCCO. The summed E-state index contributed by atoms with van der Waals surface area (Å²) in [6, 6.07) is 0. The third kappa shape index (κ3) is 22.6. The van der Waals surface area contributed by atoms with Gasteiger partial charge in [-0.15, -0.1) is 0 Å². The first kappa shape index (κ1) is 14.3. The van der Waals surface area contributed by atoms with E-state index in [1.54, 1.807) is 0 Å². The lowest BCUT2D eigenvalue weighted by Gasteiger charge is -2.01. The van der Waals surface area contributed by atoms with Crippen LogP contribution in [-0.4, -0.2) is 50.7 Å². The highest BCUT2D eigenvalue weighted by Gasteiger charge is 1.83. The molecule has 0 amide bonds. The maximum atomic E-state index is 8.15. The van der Waals surface area contributed by atoms with E-state index in [-0.39, 0.29) is 26.4 Å². The van der Waals surface area contributed by atoms with Gasteiger partial charge in [0.2, 0.25) is 0 Å². The summed E-state index contributed by atoms with van der Waals surface area (Å²) in [5.41, 5.74) is 2.07. The molecule has 0 radical (unpaired) electrons. The first-order valence-electron chi connectivity index (χ1n) is 3.62. The normalized spacial score (nSPS) is 9.00. The van der Waals surface area contributed by atoms with Crippen LogP contribution in [0, 0.1) is 0 Å². The Balaban J connectivity index is 0. The van der Waals surface area contributed by atoms with Gasteiger partial charge in [0.25, 0.3) is 0 Å². The van der Waals surface area contributed by atoms with Gasteiger partial charge < -0.3 is 15.5 Å². The second-order valence-corrected chi connectivity index (χ2v) is 1.73. The summed E-state index contributed by atoms with van der Waals surface area (Å²) < 4.78 is 0. The predicted octanol–water partition coefficient (Wildman–Crippen LogP) is -1.74. The van der Waals surface area contributed by atoms with Crippen molar-refractivity contribution in [3.8, 4) is 0 Å². The molecule has 6 nitrogen and oxygen atoms in total. The number of nitrogens with one attached hydrogen (secondary N) is 2. The molecule has 4 N–H and O–H groups in total. The summed E-state index contributed by atoms with van der Waals surface area (Å²) in [6.07, 6.45) is 0. The van der Waals surface area contributed by atoms with Crippen LogP contribution in [0.15, 0.2) is 0 Å². The molecule has 0 unspecified atom stereocenters. The lowest BCUT2D eigenvalue weighted by Crippen LogP contribution is -2.19. The number of rotatable bonds is 6. The number of aliphatic hydroxyl groups is 2. The molecule has 0 aromatic heterocycles. The van der Waals surface area contributed by atoms with Crippen LogP contribution in [0.1, 0.15) is 0 Å². The van der Waals surface area contributed by atoms with E-state index >= 15 is 0 Å². The summed E-state index contributed by atoms with van der Waals surface area (Å²) in [7, 11) is 3.75. The topological polar surface area (TPSA) is 83.0 Å². The van der Waals surface area contributed by atoms with Crippen molar-refractivity contribution in [3.63, 3.8) is 0 Å². The lowest BCUT2D eigenvalue weighted by atomic mass is 10.8. The van der Waals surface area contributed by atoms with Gasteiger partial charge in [-0.05, 0) is 14.1 Å². The zero-order valence-electron chi connectivity index (χ0n) is 7.54. The van der Waals surface area contributed by atoms with E-state index in [1.807, 2.05) is 14.1 Å². The molecule has 6 heteroatoms. The minimum atomic E-state index is -0.0600. The zero-order valence-corrected chi connectivity index (χ0v) is 7.54. The summed E-state index contributed by atoms with van der Waals surface area (Å²) in [6.45, 7) is 0.224. The Labute approximate surface area is 72.4 Å². The summed E-state index contributed by atoms with van der Waals surface area (Å²) in [5, 5.41) is 19.1. The van der Waals surface area contributed by atoms with Crippen LogP contribution in [0.25, 0.3) is 0 Å². The van der Waals surface area contributed by atoms with Crippen molar-refractivity contribution in [1.82, 2.24) is 11.0 Å². The first-order valence-corrected chi connectivity index (χ1v) is 3.62. The van der Waals surface area contributed by atoms with E-state index in [4.69, 9.17) is 10.2 Å². The highest BCUT2D eigenvalue weighted by molar-refractivity contribution is 4.16. The van der Waals surface area contributed by atoms with Gasteiger partial charge in [0.15, 0.2) is 0 Å². The standard InChI is InChI=1S/C4H11NO4.C2H7N/c6-1-3-8-5-9-4-2-7;1-3-2/h5-7H,1-4H2;3H,1-2H3. The van der Waals surface area contributed by atoms with Crippen molar-refractivity contribution < 1.29 is 19.9 Å². The second kappa shape index (κ2) is 17.0. The molecule has 0 heterocycles. The van der Waals surface area contributed by atoms with Gasteiger partial charge in [-0.3, -0.25) is 9.68 Å². The molecule has 0 fully saturated rings. The van der Waals surface area contributed by atoms with Gasteiger partial charge in [0.05, 0.1) is 26.4 Å². The minimum absolute atomic E-state index is 0.0600. The van der Waals surface area contributed by atoms with Gasteiger partial charge >= 0.3 is 0 Å². The summed E-state index contributed by atoms with van der Waals surface area (Å²) >= 11 is 0. The fourth-order valence-electron chi connectivity index (χ4n) is 0.216. The van der Waals surface area contributed by atoms with Crippen molar-refractivity contribution >= 4 is 0 Å². The lowest BCUT2D eigenvalue weighted by molar-refractivity contribution is -0.178. The van der Waals surface area contributed by atoms with Crippen molar-refractivity contribution in [2.24, 2.45) is 0 Å². The molecule has 0 aliphatic heterocycles. The smallest absolute Gasteiger partial charge is 0.0940 e. The van der Waals surface area contributed by atoms with Crippen molar-refractivity contribution in [3.05, 3.63) is 0 Å². The quantitative estimate of drug-likeness (QED) is 0.288. The molecule has 0 saturated carbocycles. The average molecular weight is 182 g/mol. The molecule has 0 aromatic carbocycles. The van der Waals surface area contributed by atoms with Crippen LogP contribution in [0.3, 0.4) is 0 Å². The molecular formula is C6H18N2O4. The van der Waals surface area contributed by atoms with Crippen LogP contribution in [-0.2, 0) is 9.68 Å². The molecule has 0 bridgehead atoms. The highest BCUT2D eigenvalue weighted by atomic mass is 16.9. The highest BCUT2D eigenvalue weighted by Crippen LogP contribution is 1.67. The van der Waals surface area contributed by atoms with E-state index in [9.17, 15) is 0 Å². The molecule has 0 saturated heterocycles. The van der Waals surface area contributed by atoms with Gasteiger partial charge in [-0.2, -0.15) is 0 Å². The number of aliphatic hydroxyl groups excluding tert-OH is 2. The Bertz CT molecular complexity index is 59.5. The third-order valence-electron chi connectivity index (χ3n) is 0.505. The van der Waals surface area contributed by atoms with E-state index in [2.05, 4.69) is 20.6 Å². The molecule has 0 atom stereocenters. The fraction of sp³-hybridized carbons (Fsp3) is 1.00. The Hall–Kier alpha value is -0.240. The Morgan fingerprint density at radius 2 is 1.33 bits per heavy atom. The Morgan fingerprint density at radius 1 is 1.00 bits per heavy atom. The van der Waals surface area contributed by atoms with E-state index < -0.39 is 0 Å². The second-order valence-electron chi connectivity index (χ2n) is 1.73. The Kier molecular flexibility index (Phi) is 20.3. The van der Waals surface area contributed by atoms with Crippen LogP contribution in [0.2, 0.25) is 0 Å². The third-order valence-corrected chi connectivity index (χ3v) is 0.505.